The lowest BCUT2D eigenvalue weighted by atomic mass is 10.1. The van der Waals surface area contributed by atoms with Gasteiger partial charge in [0.15, 0.2) is 0 Å². The topological polar surface area (TPSA) is 44.4 Å². The normalized spacial score (nSPS) is 26.2. The number of hydrogen-bond donors (Lipinski definition) is 2. The number of carbonyl (C=O) groups excluding carboxylic acids is 1. The van der Waals surface area contributed by atoms with Crippen LogP contribution in [0.15, 0.2) is 0 Å². The van der Waals surface area contributed by atoms with Gasteiger partial charge >= 0.3 is 0 Å². The average Bonchev–Trinajstić information content (AvgIpc) is 2.27. The molecule has 0 aromatic rings. The molecular formula is C13H27N3O. The Bertz CT molecular complexity index is 243. The Balaban J connectivity index is 2.49. The molecule has 0 radical (unpaired) electrons. The fourth-order valence-electron chi connectivity index (χ4n) is 2.35. The quantitative estimate of drug-likeness (QED) is 0.754. The molecule has 1 aliphatic rings. The zero-order valence-corrected chi connectivity index (χ0v) is 11.6. The second-order valence-electron chi connectivity index (χ2n) is 5.23. The molecule has 2 atom stereocenters. The molecule has 4 nitrogen and oxygen atoms in total. The van der Waals surface area contributed by atoms with Gasteiger partial charge in [0.1, 0.15) is 0 Å². The molecule has 1 heterocycles. The number of nitrogens with zero attached hydrogens (tertiary/aromatic N) is 1. The number of hydrogen-bond acceptors (Lipinski definition) is 3. The maximum absolute atomic E-state index is 11.8. The summed E-state index contributed by atoms with van der Waals surface area (Å²) in [6.07, 6.45) is 2.22. The first kappa shape index (κ1) is 14.5. The monoisotopic (exact) mass is 241 g/mol. The maximum atomic E-state index is 11.8. The first-order chi connectivity index (χ1) is 8.06. The molecule has 1 aliphatic heterocycles. The van der Waals surface area contributed by atoms with E-state index in [4.69, 9.17) is 0 Å². The summed E-state index contributed by atoms with van der Waals surface area (Å²) in [5, 5.41) is 6.51. The van der Waals surface area contributed by atoms with Gasteiger partial charge in [0, 0.05) is 31.2 Å². The lowest BCUT2D eigenvalue weighted by Gasteiger charge is -2.39. The minimum Gasteiger partial charge on any atom is -0.353 e. The highest BCUT2D eigenvalue weighted by Crippen LogP contribution is 2.11. The summed E-state index contributed by atoms with van der Waals surface area (Å²) in [5.74, 6) is 0.148. The van der Waals surface area contributed by atoms with E-state index < -0.39 is 0 Å². The average molecular weight is 241 g/mol. The van der Waals surface area contributed by atoms with Crippen LogP contribution in [0.2, 0.25) is 0 Å². The van der Waals surface area contributed by atoms with Gasteiger partial charge in [-0.15, -0.1) is 0 Å². The van der Waals surface area contributed by atoms with Crippen molar-refractivity contribution in [2.75, 3.05) is 19.6 Å². The smallest absolute Gasteiger partial charge is 0.234 e. The minimum absolute atomic E-state index is 0.148. The Morgan fingerprint density at radius 1 is 1.41 bits per heavy atom. The molecule has 17 heavy (non-hydrogen) atoms. The number of nitrogens with one attached hydrogen (secondary N) is 2. The molecule has 1 amide bonds. The Hall–Kier alpha value is -0.610. The van der Waals surface area contributed by atoms with Crippen LogP contribution in [-0.2, 0) is 4.79 Å². The van der Waals surface area contributed by atoms with Gasteiger partial charge in [-0.05, 0) is 26.7 Å². The molecular weight excluding hydrogens is 214 g/mol. The van der Waals surface area contributed by atoms with Crippen LogP contribution < -0.4 is 10.6 Å². The summed E-state index contributed by atoms with van der Waals surface area (Å²) in [4.78, 5) is 14.1. The highest BCUT2D eigenvalue weighted by Gasteiger charge is 2.27. The third-order valence-corrected chi connectivity index (χ3v) is 3.37. The fourth-order valence-corrected chi connectivity index (χ4v) is 2.35. The largest absolute Gasteiger partial charge is 0.353 e. The zero-order valence-electron chi connectivity index (χ0n) is 11.6. The third-order valence-electron chi connectivity index (χ3n) is 3.37. The van der Waals surface area contributed by atoms with Gasteiger partial charge in [-0.2, -0.15) is 0 Å². The number of rotatable bonds is 5. The Morgan fingerprint density at radius 3 is 2.65 bits per heavy atom. The van der Waals surface area contributed by atoms with Gasteiger partial charge < -0.3 is 10.6 Å². The highest BCUT2D eigenvalue weighted by molar-refractivity contribution is 5.78. The summed E-state index contributed by atoms with van der Waals surface area (Å²) >= 11 is 0. The summed E-state index contributed by atoms with van der Waals surface area (Å²) in [5.41, 5.74) is 0. The van der Waals surface area contributed by atoms with Crippen LogP contribution in [0.1, 0.15) is 40.5 Å². The van der Waals surface area contributed by atoms with Crippen LogP contribution in [-0.4, -0.2) is 48.6 Å². The molecule has 0 aliphatic carbocycles. The van der Waals surface area contributed by atoms with Crippen LogP contribution in [0, 0.1) is 0 Å². The van der Waals surface area contributed by atoms with Gasteiger partial charge in [-0.1, -0.05) is 13.8 Å². The third kappa shape index (κ3) is 4.64. The molecule has 4 heteroatoms. The standard InChI is InChI=1S/C13H27N3O/c1-5-11-8-16(12(6-2)7-14-11)9-13(17)15-10(3)4/h10-12,14H,5-9H2,1-4H3,(H,15,17). The lowest BCUT2D eigenvalue weighted by molar-refractivity contribution is -0.123. The van der Waals surface area contributed by atoms with Gasteiger partial charge in [0.05, 0.1) is 6.54 Å². The van der Waals surface area contributed by atoms with E-state index in [2.05, 4.69) is 29.4 Å². The van der Waals surface area contributed by atoms with Crippen molar-refractivity contribution < 1.29 is 4.79 Å². The number of carbonyl (C=O) groups is 1. The zero-order chi connectivity index (χ0) is 12.8. The van der Waals surface area contributed by atoms with Crippen molar-refractivity contribution in [3.05, 3.63) is 0 Å². The van der Waals surface area contributed by atoms with E-state index in [9.17, 15) is 4.79 Å². The van der Waals surface area contributed by atoms with Crippen molar-refractivity contribution >= 4 is 5.91 Å². The molecule has 0 saturated carbocycles. The fraction of sp³-hybridized carbons (Fsp3) is 0.923. The van der Waals surface area contributed by atoms with Gasteiger partial charge in [0.2, 0.25) is 5.91 Å². The summed E-state index contributed by atoms with van der Waals surface area (Å²) in [6.45, 7) is 10.9. The Labute approximate surface area is 105 Å². The second-order valence-corrected chi connectivity index (χ2v) is 5.23. The molecule has 1 rings (SSSR count). The molecule has 0 spiro atoms. The molecule has 0 bridgehead atoms. The predicted molar refractivity (Wildman–Crippen MR) is 71.0 cm³/mol. The van der Waals surface area contributed by atoms with Crippen molar-refractivity contribution in [1.29, 1.82) is 0 Å². The summed E-state index contributed by atoms with van der Waals surface area (Å²) in [7, 11) is 0. The SMILES string of the molecule is CCC1CN(CC(=O)NC(C)C)C(CC)CN1. The van der Waals surface area contributed by atoms with E-state index >= 15 is 0 Å². The van der Waals surface area contributed by atoms with E-state index in [1.165, 1.54) is 0 Å². The highest BCUT2D eigenvalue weighted by atomic mass is 16.2. The summed E-state index contributed by atoms with van der Waals surface area (Å²) in [6, 6.07) is 1.26. The van der Waals surface area contributed by atoms with E-state index in [0.717, 1.165) is 25.9 Å². The molecule has 100 valence electrons. The lowest BCUT2D eigenvalue weighted by Crippen LogP contribution is -2.58. The molecule has 0 aromatic heterocycles. The Morgan fingerprint density at radius 2 is 2.12 bits per heavy atom. The Kier molecular flexibility index (Phi) is 5.92. The molecule has 1 saturated heterocycles. The van der Waals surface area contributed by atoms with Crippen LogP contribution in [0.25, 0.3) is 0 Å². The first-order valence-electron chi connectivity index (χ1n) is 6.83. The number of piperazine rings is 1. The van der Waals surface area contributed by atoms with Gasteiger partial charge in [0.25, 0.3) is 0 Å². The van der Waals surface area contributed by atoms with E-state index in [0.29, 0.717) is 18.6 Å². The van der Waals surface area contributed by atoms with E-state index in [1.807, 2.05) is 13.8 Å². The summed E-state index contributed by atoms with van der Waals surface area (Å²) < 4.78 is 0. The predicted octanol–water partition coefficient (Wildman–Crippen LogP) is 0.973. The van der Waals surface area contributed by atoms with Crippen molar-refractivity contribution in [3.63, 3.8) is 0 Å². The van der Waals surface area contributed by atoms with Gasteiger partial charge in [-0.25, -0.2) is 0 Å². The van der Waals surface area contributed by atoms with Gasteiger partial charge in [-0.3, -0.25) is 9.69 Å². The molecule has 0 aromatic carbocycles. The van der Waals surface area contributed by atoms with Crippen LogP contribution >= 0.6 is 0 Å². The number of amides is 1. The molecule has 2 N–H and O–H groups in total. The van der Waals surface area contributed by atoms with Crippen molar-refractivity contribution in [2.45, 2.75) is 58.7 Å². The first-order valence-corrected chi connectivity index (χ1v) is 6.83. The maximum Gasteiger partial charge on any atom is 0.234 e. The van der Waals surface area contributed by atoms with Crippen LogP contribution in [0.3, 0.4) is 0 Å². The van der Waals surface area contributed by atoms with Crippen LogP contribution in [0.5, 0.6) is 0 Å². The molecule has 2 unspecified atom stereocenters. The van der Waals surface area contributed by atoms with E-state index in [1.54, 1.807) is 0 Å². The van der Waals surface area contributed by atoms with Crippen molar-refractivity contribution in [1.82, 2.24) is 15.5 Å². The van der Waals surface area contributed by atoms with Crippen LogP contribution in [0.4, 0.5) is 0 Å². The minimum atomic E-state index is 0.148. The van der Waals surface area contributed by atoms with Crippen molar-refractivity contribution in [3.8, 4) is 0 Å². The van der Waals surface area contributed by atoms with Crippen molar-refractivity contribution in [2.24, 2.45) is 0 Å². The molecule has 1 fully saturated rings. The van der Waals surface area contributed by atoms with E-state index in [-0.39, 0.29) is 11.9 Å². The second kappa shape index (κ2) is 6.97.